The quantitative estimate of drug-likeness (QED) is 0.337. The molecule has 0 saturated heterocycles. The number of nitrogens with two attached hydrogens (primary N) is 1. The number of hydrogen-bond acceptors (Lipinski definition) is 2. The Morgan fingerprint density at radius 1 is 1.07 bits per heavy atom. The zero-order valence-electron chi connectivity index (χ0n) is 17.9. The lowest BCUT2D eigenvalue weighted by Crippen LogP contribution is -2.59. The normalized spacial score (nSPS) is 42.7. The Morgan fingerprint density at radius 3 is 2.33 bits per heavy atom. The SMILES string of the molecule is NCC1CCC(C=NC(=S)C23CC4CC(c5ccccc5)(CC(C2)C4CCl)C3)CC1. The molecule has 0 spiro atoms. The predicted molar refractivity (Wildman–Crippen MR) is 130 cm³/mol. The van der Waals surface area contributed by atoms with E-state index in [1.807, 2.05) is 0 Å². The van der Waals surface area contributed by atoms with E-state index in [0.717, 1.165) is 17.4 Å². The van der Waals surface area contributed by atoms with Crippen LogP contribution < -0.4 is 5.73 Å². The fraction of sp³-hybridized carbons (Fsp3) is 0.692. The second kappa shape index (κ2) is 8.30. The molecule has 5 aliphatic carbocycles. The number of aliphatic imine (C=N–C) groups is 1. The Kier molecular flexibility index (Phi) is 5.83. The molecule has 2 nitrogen and oxygen atoms in total. The summed E-state index contributed by atoms with van der Waals surface area (Å²) in [5.41, 5.74) is 7.75. The number of benzene rings is 1. The number of halogens is 1. The van der Waals surface area contributed by atoms with Crippen LogP contribution in [0.2, 0.25) is 0 Å². The highest BCUT2D eigenvalue weighted by Gasteiger charge is 2.62. The monoisotopic (exact) mass is 442 g/mol. The summed E-state index contributed by atoms with van der Waals surface area (Å²) in [6, 6.07) is 11.2. The number of thiocarbonyl (C=S) groups is 1. The van der Waals surface area contributed by atoms with Gasteiger partial charge in [0.05, 0.1) is 0 Å². The minimum Gasteiger partial charge on any atom is -0.330 e. The molecule has 5 aliphatic rings. The van der Waals surface area contributed by atoms with Gasteiger partial charge in [-0.05, 0) is 105 Å². The molecular formula is C26H35ClN2S. The third-order valence-electron chi connectivity index (χ3n) is 9.14. The minimum atomic E-state index is 0.102. The minimum absolute atomic E-state index is 0.102. The zero-order valence-corrected chi connectivity index (χ0v) is 19.5. The molecule has 30 heavy (non-hydrogen) atoms. The molecule has 162 valence electrons. The molecule has 0 heterocycles. The predicted octanol–water partition coefficient (Wildman–Crippen LogP) is 6.15. The molecule has 6 rings (SSSR count). The van der Waals surface area contributed by atoms with Gasteiger partial charge in [-0.2, -0.15) is 0 Å². The summed E-state index contributed by atoms with van der Waals surface area (Å²) in [5, 5.41) is 0. The molecule has 0 amide bonds. The van der Waals surface area contributed by atoms with Crippen LogP contribution in [0, 0.1) is 35.0 Å². The molecular weight excluding hydrogens is 408 g/mol. The highest BCUT2D eigenvalue weighted by atomic mass is 35.5. The standard InChI is InChI=1S/C26H35ClN2S/c27-14-23-20-10-25(22-4-2-1-3-5-22)11-21(23)13-26(12-20,17-25)24(30)29-16-19-8-6-18(15-28)7-9-19/h1-5,16,18-21,23H,6-15,17,28H2. The Balaban J connectivity index is 1.38. The fourth-order valence-electron chi connectivity index (χ4n) is 7.76. The van der Waals surface area contributed by atoms with E-state index in [2.05, 4.69) is 36.5 Å². The molecule has 2 N–H and O–H groups in total. The van der Waals surface area contributed by atoms with Crippen molar-refractivity contribution >= 4 is 35.0 Å². The molecule has 2 atom stereocenters. The lowest BCUT2D eigenvalue weighted by atomic mass is 9.40. The van der Waals surface area contributed by atoms with E-state index in [1.54, 1.807) is 0 Å². The van der Waals surface area contributed by atoms with Gasteiger partial charge in [-0.15, -0.1) is 11.6 Å². The van der Waals surface area contributed by atoms with E-state index < -0.39 is 0 Å². The van der Waals surface area contributed by atoms with Gasteiger partial charge in [0, 0.05) is 17.5 Å². The Morgan fingerprint density at radius 2 is 1.73 bits per heavy atom. The zero-order chi connectivity index (χ0) is 20.8. The average molecular weight is 443 g/mol. The van der Waals surface area contributed by atoms with Crippen LogP contribution in [0.4, 0.5) is 0 Å². The molecule has 0 radical (unpaired) electrons. The number of hydrogen-bond donors (Lipinski definition) is 1. The van der Waals surface area contributed by atoms with Gasteiger partial charge in [0.2, 0.25) is 0 Å². The van der Waals surface area contributed by atoms with Gasteiger partial charge in [0.1, 0.15) is 4.99 Å². The molecule has 4 heteroatoms. The van der Waals surface area contributed by atoms with Gasteiger partial charge in [-0.3, -0.25) is 4.99 Å². The van der Waals surface area contributed by atoms with Crippen molar-refractivity contribution in [2.45, 2.75) is 63.2 Å². The van der Waals surface area contributed by atoms with Crippen molar-refractivity contribution in [3.63, 3.8) is 0 Å². The van der Waals surface area contributed by atoms with Crippen LogP contribution in [0.25, 0.3) is 0 Å². The summed E-state index contributed by atoms with van der Waals surface area (Å²) in [6.07, 6.45) is 13.3. The van der Waals surface area contributed by atoms with Crippen molar-refractivity contribution in [1.29, 1.82) is 0 Å². The van der Waals surface area contributed by atoms with Crippen LogP contribution in [0.3, 0.4) is 0 Å². The van der Waals surface area contributed by atoms with Crippen molar-refractivity contribution in [1.82, 2.24) is 0 Å². The molecule has 1 aromatic rings. The molecule has 2 unspecified atom stereocenters. The largest absolute Gasteiger partial charge is 0.330 e. The number of rotatable bonds is 5. The van der Waals surface area contributed by atoms with Gasteiger partial charge in [0.15, 0.2) is 0 Å². The summed E-state index contributed by atoms with van der Waals surface area (Å²) in [6.45, 7) is 0.831. The van der Waals surface area contributed by atoms with Crippen LogP contribution >= 0.6 is 23.8 Å². The molecule has 5 saturated carbocycles. The van der Waals surface area contributed by atoms with Crippen LogP contribution in [0.15, 0.2) is 35.3 Å². The van der Waals surface area contributed by atoms with Gasteiger partial charge in [0.25, 0.3) is 0 Å². The maximum Gasteiger partial charge on any atom is 0.109 e. The molecule has 1 aromatic carbocycles. The van der Waals surface area contributed by atoms with E-state index in [-0.39, 0.29) is 10.8 Å². The lowest BCUT2D eigenvalue weighted by Gasteiger charge is -2.64. The van der Waals surface area contributed by atoms with Gasteiger partial charge < -0.3 is 5.73 Å². The number of nitrogens with zero attached hydrogens (tertiary/aromatic N) is 1. The first-order valence-electron chi connectivity index (χ1n) is 12.0. The molecule has 4 bridgehead atoms. The average Bonchev–Trinajstić information content (AvgIpc) is 2.78. The van der Waals surface area contributed by atoms with Crippen molar-refractivity contribution in [3.05, 3.63) is 35.9 Å². The summed E-state index contributed by atoms with van der Waals surface area (Å²) >= 11 is 12.6. The lowest BCUT2D eigenvalue weighted by molar-refractivity contribution is -0.0725. The van der Waals surface area contributed by atoms with E-state index in [9.17, 15) is 0 Å². The van der Waals surface area contributed by atoms with E-state index in [0.29, 0.717) is 29.6 Å². The van der Waals surface area contributed by atoms with Crippen LogP contribution in [0.1, 0.15) is 63.4 Å². The van der Waals surface area contributed by atoms with Crippen molar-refractivity contribution in [3.8, 4) is 0 Å². The van der Waals surface area contributed by atoms with E-state index >= 15 is 0 Å². The number of alkyl halides is 1. The smallest absolute Gasteiger partial charge is 0.109 e. The van der Waals surface area contributed by atoms with Gasteiger partial charge in [-0.1, -0.05) is 42.5 Å². The van der Waals surface area contributed by atoms with Crippen LogP contribution in [-0.4, -0.2) is 23.6 Å². The summed E-state index contributed by atoms with van der Waals surface area (Å²) in [5.74, 6) is 4.14. The second-order valence-corrected chi connectivity index (χ2v) is 11.6. The Bertz CT molecular complexity index is 783. The first kappa shape index (κ1) is 21.1. The van der Waals surface area contributed by atoms with Crippen molar-refractivity contribution < 1.29 is 0 Å². The maximum atomic E-state index is 6.48. The summed E-state index contributed by atoms with van der Waals surface area (Å²) in [7, 11) is 0. The van der Waals surface area contributed by atoms with Crippen LogP contribution in [-0.2, 0) is 5.41 Å². The van der Waals surface area contributed by atoms with Gasteiger partial charge >= 0.3 is 0 Å². The Labute approximate surface area is 192 Å². The van der Waals surface area contributed by atoms with E-state index in [1.165, 1.54) is 63.4 Å². The van der Waals surface area contributed by atoms with Gasteiger partial charge in [-0.25, -0.2) is 0 Å². The highest BCUT2D eigenvalue weighted by Crippen LogP contribution is 2.68. The first-order valence-corrected chi connectivity index (χ1v) is 12.9. The summed E-state index contributed by atoms with van der Waals surface area (Å²) < 4.78 is 0. The topological polar surface area (TPSA) is 38.4 Å². The summed E-state index contributed by atoms with van der Waals surface area (Å²) in [4.78, 5) is 6.00. The maximum absolute atomic E-state index is 6.48. The first-order chi connectivity index (χ1) is 14.6. The third kappa shape index (κ3) is 3.59. The molecule has 5 fully saturated rings. The second-order valence-electron chi connectivity index (χ2n) is 10.9. The molecule has 0 aromatic heterocycles. The highest BCUT2D eigenvalue weighted by molar-refractivity contribution is 7.80. The van der Waals surface area contributed by atoms with Crippen molar-refractivity contribution in [2.75, 3.05) is 12.4 Å². The Hall–Kier alpha value is -0.770. The van der Waals surface area contributed by atoms with Crippen molar-refractivity contribution in [2.24, 2.45) is 45.7 Å². The molecule has 0 aliphatic heterocycles. The van der Waals surface area contributed by atoms with Crippen LogP contribution in [0.5, 0.6) is 0 Å². The third-order valence-corrected chi connectivity index (χ3v) is 10.0. The van der Waals surface area contributed by atoms with E-state index in [4.69, 9.17) is 34.5 Å². The fourth-order valence-corrected chi connectivity index (χ4v) is 8.56.